The number of ether oxygens (including phenoxy) is 1. The molecule has 3 nitrogen and oxygen atoms in total. The molecule has 0 unspecified atom stereocenters. The largest absolute Gasteiger partial charge is 0.435 e. The van der Waals surface area contributed by atoms with E-state index in [1.54, 1.807) is 0 Å². The highest BCUT2D eigenvalue weighted by Gasteiger charge is 2.74. The van der Waals surface area contributed by atoms with Gasteiger partial charge < -0.3 is 4.74 Å². The fourth-order valence-electron chi connectivity index (χ4n) is 2.60. The lowest BCUT2D eigenvalue weighted by molar-refractivity contribution is -0.348. The van der Waals surface area contributed by atoms with E-state index < -0.39 is 29.1 Å². The van der Waals surface area contributed by atoms with E-state index in [-0.39, 0.29) is 28.3 Å². The Kier molecular flexibility index (Phi) is 5.35. The van der Waals surface area contributed by atoms with Crippen molar-refractivity contribution in [2.75, 3.05) is 7.11 Å². The van der Waals surface area contributed by atoms with E-state index in [1.807, 2.05) is 0 Å². The second-order valence-electron chi connectivity index (χ2n) is 5.62. The van der Waals surface area contributed by atoms with Gasteiger partial charge in [-0.15, -0.1) is 5.10 Å². The smallest absolute Gasteiger partial charge is 0.380 e. The Morgan fingerprint density at radius 2 is 1.58 bits per heavy atom. The van der Waals surface area contributed by atoms with E-state index in [0.717, 1.165) is 0 Å². The third-order valence-electron chi connectivity index (χ3n) is 3.70. The molecule has 1 heterocycles. The summed E-state index contributed by atoms with van der Waals surface area (Å²) in [6.45, 7) is 2.32. The fraction of sp³-hybridized carbons (Fsp3) is 0.467. The van der Waals surface area contributed by atoms with Crippen LogP contribution in [-0.4, -0.2) is 29.0 Å². The summed E-state index contributed by atoms with van der Waals surface area (Å²) in [5.41, 5.74) is -7.56. The number of halogens is 7. The number of aryl methyl sites for hydroxylation is 2. The fourth-order valence-corrected chi connectivity index (χ4v) is 3.35. The number of hydrogen-bond acceptors (Lipinski definition) is 4. The van der Waals surface area contributed by atoms with Gasteiger partial charge in [-0.3, -0.25) is 0 Å². The van der Waals surface area contributed by atoms with Gasteiger partial charge in [-0.1, -0.05) is 22.2 Å². The Morgan fingerprint density at radius 1 is 1.00 bits per heavy atom. The highest BCUT2D eigenvalue weighted by Crippen LogP contribution is 2.56. The molecule has 0 aliphatic heterocycles. The molecule has 0 radical (unpaired) electrons. The first kappa shape index (κ1) is 20.6. The Labute approximate surface area is 148 Å². The molecule has 1 aromatic heterocycles. The van der Waals surface area contributed by atoms with Crippen LogP contribution in [0.25, 0.3) is 10.4 Å². The molecule has 0 atom stereocenters. The zero-order valence-electron chi connectivity index (χ0n) is 13.7. The van der Waals surface area contributed by atoms with Crippen LogP contribution in [0, 0.1) is 13.8 Å². The van der Waals surface area contributed by atoms with Gasteiger partial charge >= 0.3 is 18.0 Å². The van der Waals surface area contributed by atoms with Gasteiger partial charge in [-0.2, -0.15) is 26.3 Å². The van der Waals surface area contributed by atoms with Gasteiger partial charge in [0.25, 0.3) is 0 Å². The van der Waals surface area contributed by atoms with Gasteiger partial charge in [0.1, 0.15) is 0 Å². The first-order valence-electron chi connectivity index (χ1n) is 7.09. The topological polar surface area (TPSA) is 35.0 Å². The van der Waals surface area contributed by atoms with Gasteiger partial charge in [0.2, 0.25) is 0 Å². The molecule has 2 rings (SSSR count). The summed E-state index contributed by atoms with van der Waals surface area (Å²) in [6, 6.07) is 1.89. The summed E-state index contributed by atoms with van der Waals surface area (Å²) < 4.78 is 103. The molecule has 0 aliphatic carbocycles. The Balaban J connectivity index is 2.98. The number of benzene rings is 1. The molecule has 2 aromatic rings. The Morgan fingerprint density at radius 3 is 2.00 bits per heavy atom. The van der Waals surface area contributed by atoms with E-state index in [1.165, 1.54) is 27.0 Å². The van der Waals surface area contributed by atoms with Crippen molar-refractivity contribution in [3.63, 3.8) is 0 Å². The molecule has 0 aliphatic rings. The van der Waals surface area contributed by atoms with Crippen LogP contribution < -0.4 is 0 Å². The summed E-state index contributed by atoms with van der Waals surface area (Å²) in [5, 5.41) is 3.61. The lowest BCUT2D eigenvalue weighted by atomic mass is 9.85. The van der Waals surface area contributed by atoms with Crippen molar-refractivity contribution in [3.05, 3.63) is 34.5 Å². The molecule has 0 saturated heterocycles. The number of nitrogens with zero attached hydrogens (tertiary/aromatic N) is 2. The zero-order valence-corrected chi connectivity index (χ0v) is 14.5. The van der Waals surface area contributed by atoms with E-state index in [2.05, 4.69) is 9.59 Å². The molecule has 0 amide bonds. The molecule has 0 saturated carbocycles. The minimum Gasteiger partial charge on any atom is -0.380 e. The summed E-state index contributed by atoms with van der Waals surface area (Å²) in [7, 11) is 1.22. The quantitative estimate of drug-likeness (QED) is 0.655. The van der Waals surface area contributed by atoms with E-state index in [4.69, 9.17) is 4.74 Å². The molecular weight excluding hydrogens is 389 g/mol. The number of rotatable bonds is 4. The third-order valence-corrected chi connectivity index (χ3v) is 4.54. The lowest BCUT2D eigenvalue weighted by Gasteiger charge is -2.32. The van der Waals surface area contributed by atoms with Crippen molar-refractivity contribution in [2.45, 2.75) is 38.5 Å². The van der Waals surface area contributed by atoms with Crippen LogP contribution in [0.4, 0.5) is 30.7 Å². The van der Waals surface area contributed by atoms with Crippen molar-refractivity contribution < 1.29 is 35.5 Å². The first-order chi connectivity index (χ1) is 11.8. The standard InChI is InChI=1S/C15H13F7N2OS/c1-7-4-9(6-25-3)11(12-8(2)23-24-26-12)10(5-7)13(16,14(17,18)19)15(20,21)22/h4-5H,6H2,1-3H3. The lowest BCUT2D eigenvalue weighted by Crippen LogP contribution is -2.50. The SMILES string of the molecule is COCc1cc(C)cc(C(F)(C(F)(F)F)C(F)(F)F)c1-c1snnc1C. The molecule has 144 valence electrons. The number of aromatic nitrogens is 2. The second kappa shape index (κ2) is 6.76. The van der Waals surface area contributed by atoms with Crippen LogP contribution in [0.5, 0.6) is 0 Å². The van der Waals surface area contributed by atoms with Gasteiger partial charge in [-0.05, 0) is 30.9 Å². The van der Waals surface area contributed by atoms with Crippen molar-refractivity contribution in [1.29, 1.82) is 0 Å². The Hall–Kier alpha value is -1.75. The van der Waals surface area contributed by atoms with E-state index in [0.29, 0.717) is 17.6 Å². The number of alkyl halides is 7. The van der Waals surface area contributed by atoms with Crippen molar-refractivity contribution >= 4 is 11.5 Å². The highest BCUT2D eigenvalue weighted by molar-refractivity contribution is 7.09. The highest BCUT2D eigenvalue weighted by atomic mass is 32.1. The third kappa shape index (κ3) is 3.29. The van der Waals surface area contributed by atoms with E-state index >= 15 is 0 Å². The molecular formula is C15H13F7N2OS. The molecule has 0 bridgehead atoms. The molecule has 26 heavy (non-hydrogen) atoms. The molecule has 0 fully saturated rings. The predicted octanol–water partition coefficient (Wildman–Crippen LogP) is 5.26. The average Bonchev–Trinajstić information content (AvgIpc) is 2.89. The van der Waals surface area contributed by atoms with Gasteiger partial charge in [0, 0.05) is 18.2 Å². The molecule has 11 heteroatoms. The van der Waals surface area contributed by atoms with E-state index in [9.17, 15) is 30.7 Å². The number of methoxy groups -OCH3 is 1. The monoisotopic (exact) mass is 402 g/mol. The second-order valence-corrected chi connectivity index (χ2v) is 6.38. The van der Waals surface area contributed by atoms with Crippen molar-refractivity contribution in [2.24, 2.45) is 0 Å². The minimum absolute atomic E-state index is 0.0211. The maximum Gasteiger partial charge on any atom is 0.435 e. The Bertz CT molecular complexity index is 784. The summed E-state index contributed by atoms with van der Waals surface area (Å²) >= 11 is 0.582. The van der Waals surface area contributed by atoms with Crippen LogP contribution in [0.1, 0.15) is 22.4 Å². The predicted molar refractivity (Wildman–Crippen MR) is 80.4 cm³/mol. The average molecular weight is 402 g/mol. The zero-order chi connectivity index (χ0) is 19.9. The maximum absolute atomic E-state index is 14.8. The van der Waals surface area contributed by atoms with Crippen LogP contribution in [0.3, 0.4) is 0 Å². The molecule has 0 spiro atoms. The summed E-state index contributed by atoms with van der Waals surface area (Å²) in [5.74, 6) is 0. The van der Waals surface area contributed by atoms with Gasteiger partial charge in [0.15, 0.2) is 0 Å². The first-order valence-corrected chi connectivity index (χ1v) is 7.86. The van der Waals surface area contributed by atoms with Gasteiger partial charge in [0.05, 0.1) is 17.2 Å². The molecule has 1 aromatic carbocycles. The normalized spacial score (nSPS) is 13.3. The van der Waals surface area contributed by atoms with Crippen LogP contribution >= 0.6 is 11.5 Å². The summed E-state index contributed by atoms with van der Waals surface area (Å²) in [4.78, 5) is -0.0809. The van der Waals surface area contributed by atoms with Crippen LogP contribution in [0.2, 0.25) is 0 Å². The summed E-state index contributed by atoms with van der Waals surface area (Å²) in [6.07, 6.45) is -12.4. The van der Waals surface area contributed by atoms with Crippen molar-refractivity contribution in [3.8, 4) is 10.4 Å². The molecule has 0 N–H and O–H groups in total. The van der Waals surface area contributed by atoms with Crippen LogP contribution in [-0.2, 0) is 17.0 Å². The minimum atomic E-state index is -6.22. The van der Waals surface area contributed by atoms with Crippen molar-refractivity contribution in [1.82, 2.24) is 9.59 Å². The van der Waals surface area contributed by atoms with Crippen LogP contribution in [0.15, 0.2) is 12.1 Å². The number of hydrogen-bond donors (Lipinski definition) is 0. The van der Waals surface area contributed by atoms with Gasteiger partial charge in [-0.25, -0.2) is 4.39 Å². The maximum atomic E-state index is 14.8.